The van der Waals surface area contributed by atoms with Crippen LogP contribution in [-0.2, 0) is 6.54 Å². The van der Waals surface area contributed by atoms with Crippen molar-refractivity contribution in [2.24, 2.45) is 4.99 Å². The third kappa shape index (κ3) is 3.82. The van der Waals surface area contributed by atoms with Crippen molar-refractivity contribution in [1.82, 2.24) is 4.57 Å². The third-order valence-corrected chi connectivity index (χ3v) is 5.66. The van der Waals surface area contributed by atoms with Crippen LogP contribution in [-0.4, -0.2) is 17.8 Å². The molecular weight excluding hydrogens is 380 g/mol. The van der Waals surface area contributed by atoms with E-state index in [2.05, 4.69) is 46.3 Å². The van der Waals surface area contributed by atoms with Gasteiger partial charge in [0.25, 0.3) is 0 Å². The highest BCUT2D eigenvalue weighted by Gasteiger charge is 2.15. The van der Waals surface area contributed by atoms with E-state index < -0.39 is 0 Å². The van der Waals surface area contributed by atoms with Crippen molar-refractivity contribution in [2.75, 3.05) is 13.2 Å². The quantitative estimate of drug-likeness (QED) is 0.468. The number of nitrogens with zero attached hydrogens (tertiary/aromatic N) is 2. The van der Waals surface area contributed by atoms with Crippen LogP contribution in [0.4, 0.5) is 5.69 Å². The number of rotatable bonds is 4. The highest BCUT2D eigenvalue weighted by Crippen LogP contribution is 2.34. The maximum absolute atomic E-state index is 5.79. The minimum atomic E-state index is 0.582. The largest absolute Gasteiger partial charge is 0.486 e. The lowest BCUT2D eigenvalue weighted by Crippen LogP contribution is -2.17. The van der Waals surface area contributed by atoms with Gasteiger partial charge in [-0.1, -0.05) is 48.5 Å². The second-order valence-electron chi connectivity index (χ2n) is 6.78. The molecule has 0 radical (unpaired) electrons. The van der Waals surface area contributed by atoms with Gasteiger partial charge in [0.05, 0.1) is 17.9 Å². The second kappa shape index (κ2) is 7.97. The molecule has 0 atom stereocenters. The van der Waals surface area contributed by atoms with Crippen molar-refractivity contribution in [2.45, 2.75) is 6.54 Å². The van der Waals surface area contributed by atoms with Crippen LogP contribution in [0, 0.1) is 0 Å². The summed E-state index contributed by atoms with van der Waals surface area (Å²) in [5.74, 6) is 1.60. The summed E-state index contributed by atoms with van der Waals surface area (Å²) in [4.78, 5) is 5.86. The predicted octanol–water partition coefficient (Wildman–Crippen LogP) is 5.27. The zero-order valence-corrected chi connectivity index (χ0v) is 16.6. The third-order valence-electron chi connectivity index (χ3n) is 4.80. The zero-order valence-electron chi connectivity index (χ0n) is 15.8. The molecule has 0 saturated carbocycles. The fourth-order valence-corrected chi connectivity index (χ4v) is 4.31. The average Bonchev–Trinajstić information content (AvgIpc) is 3.17. The van der Waals surface area contributed by atoms with Crippen molar-refractivity contribution >= 4 is 17.0 Å². The van der Waals surface area contributed by atoms with Crippen LogP contribution in [0.15, 0.2) is 89.2 Å². The van der Waals surface area contributed by atoms with E-state index in [9.17, 15) is 0 Å². The molecule has 0 N–H and O–H groups in total. The highest BCUT2D eigenvalue weighted by molar-refractivity contribution is 7.07. The molecule has 4 nitrogen and oxygen atoms in total. The summed E-state index contributed by atoms with van der Waals surface area (Å²) >= 11 is 1.65. The van der Waals surface area contributed by atoms with Gasteiger partial charge in [0, 0.05) is 10.9 Å². The Morgan fingerprint density at radius 1 is 0.828 bits per heavy atom. The van der Waals surface area contributed by atoms with Crippen LogP contribution >= 0.6 is 11.3 Å². The van der Waals surface area contributed by atoms with E-state index >= 15 is 0 Å². The van der Waals surface area contributed by atoms with E-state index in [-0.39, 0.29) is 0 Å². The monoisotopic (exact) mass is 400 g/mol. The van der Waals surface area contributed by atoms with E-state index in [1.807, 2.05) is 42.5 Å². The topological polar surface area (TPSA) is 35.8 Å². The lowest BCUT2D eigenvalue weighted by molar-refractivity contribution is 0.171. The fourth-order valence-electron chi connectivity index (χ4n) is 3.38. The number of fused-ring (bicyclic) bond motifs is 1. The lowest BCUT2D eigenvalue weighted by atomic mass is 10.1. The summed E-state index contributed by atoms with van der Waals surface area (Å²) in [6.45, 7) is 1.93. The van der Waals surface area contributed by atoms with Gasteiger partial charge in [-0.25, -0.2) is 4.99 Å². The molecule has 1 aromatic heterocycles. The minimum Gasteiger partial charge on any atom is -0.486 e. The maximum Gasteiger partial charge on any atom is 0.190 e. The Hall–Kier alpha value is -3.31. The second-order valence-corrected chi connectivity index (χ2v) is 7.62. The molecule has 1 aliphatic rings. The van der Waals surface area contributed by atoms with Crippen molar-refractivity contribution in [3.8, 4) is 22.8 Å². The van der Waals surface area contributed by atoms with Gasteiger partial charge in [-0.2, -0.15) is 0 Å². The Morgan fingerprint density at radius 2 is 1.55 bits per heavy atom. The number of hydrogen-bond donors (Lipinski definition) is 0. The molecule has 0 spiro atoms. The van der Waals surface area contributed by atoms with Gasteiger partial charge in [-0.05, 0) is 35.9 Å². The lowest BCUT2D eigenvalue weighted by Gasteiger charge is -2.19. The van der Waals surface area contributed by atoms with Gasteiger partial charge in [0.15, 0.2) is 16.3 Å². The molecule has 0 fully saturated rings. The van der Waals surface area contributed by atoms with Gasteiger partial charge in [-0.3, -0.25) is 0 Å². The Balaban J connectivity index is 1.63. The first kappa shape index (κ1) is 17.8. The first-order chi connectivity index (χ1) is 14.4. The van der Waals surface area contributed by atoms with Crippen LogP contribution in [0.5, 0.6) is 11.5 Å². The van der Waals surface area contributed by atoms with Crippen molar-refractivity contribution < 1.29 is 9.47 Å². The number of aromatic nitrogens is 1. The van der Waals surface area contributed by atoms with E-state index in [1.165, 1.54) is 5.56 Å². The fraction of sp³-hybridized carbons (Fsp3) is 0.125. The molecule has 3 aromatic carbocycles. The number of hydrogen-bond acceptors (Lipinski definition) is 4. The van der Waals surface area contributed by atoms with E-state index in [0.29, 0.717) is 13.2 Å². The first-order valence-corrected chi connectivity index (χ1v) is 10.5. The molecule has 0 bridgehead atoms. The zero-order chi connectivity index (χ0) is 19.5. The van der Waals surface area contributed by atoms with E-state index in [0.717, 1.165) is 39.8 Å². The maximum atomic E-state index is 5.79. The summed E-state index contributed by atoms with van der Waals surface area (Å²) in [5.41, 5.74) is 4.39. The molecular formula is C24H20N2O2S. The van der Waals surface area contributed by atoms with Crippen LogP contribution in [0.1, 0.15) is 5.56 Å². The number of benzene rings is 3. The van der Waals surface area contributed by atoms with E-state index in [4.69, 9.17) is 14.5 Å². The van der Waals surface area contributed by atoms with Crippen LogP contribution < -0.4 is 14.3 Å². The molecule has 2 heterocycles. The van der Waals surface area contributed by atoms with Crippen LogP contribution in [0.25, 0.3) is 11.3 Å². The molecule has 144 valence electrons. The van der Waals surface area contributed by atoms with Crippen LogP contribution in [0.2, 0.25) is 0 Å². The Kier molecular flexibility index (Phi) is 4.88. The number of para-hydroxylation sites is 1. The Bertz CT molecular complexity index is 1180. The molecule has 4 aromatic rings. The first-order valence-electron chi connectivity index (χ1n) is 9.59. The van der Waals surface area contributed by atoms with Gasteiger partial charge in [-0.15, -0.1) is 11.3 Å². The minimum absolute atomic E-state index is 0.582. The molecule has 29 heavy (non-hydrogen) atoms. The molecule has 0 unspecified atom stereocenters. The standard InChI is InChI=1S/C24H20N2O2S/c1-3-7-18(8-4-1)16-26-21(17-29-24(26)25-20-9-5-2-6-10-20)19-11-12-22-23(15-19)28-14-13-27-22/h1-12,15,17H,13-14,16H2. The predicted molar refractivity (Wildman–Crippen MR) is 116 cm³/mol. The Morgan fingerprint density at radius 3 is 2.34 bits per heavy atom. The molecule has 0 saturated heterocycles. The van der Waals surface area contributed by atoms with Gasteiger partial charge < -0.3 is 14.0 Å². The van der Waals surface area contributed by atoms with Crippen molar-refractivity contribution in [3.63, 3.8) is 0 Å². The SMILES string of the molecule is c1ccc(Cn2c(-c3ccc4c(c3)OCCO4)csc2=Nc2ccccc2)cc1. The summed E-state index contributed by atoms with van der Waals surface area (Å²) in [7, 11) is 0. The van der Waals surface area contributed by atoms with E-state index in [1.54, 1.807) is 11.3 Å². The summed E-state index contributed by atoms with van der Waals surface area (Å²) in [5, 5.41) is 2.16. The highest BCUT2D eigenvalue weighted by atomic mass is 32.1. The normalized spacial score (nSPS) is 13.4. The summed E-state index contributed by atoms with van der Waals surface area (Å²) in [6, 6.07) is 26.7. The molecule has 5 rings (SSSR count). The smallest absolute Gasteiger partial charge is 0.190 e. The van der Waals surface area contributed by atoms with Gasteiger partial charge in [0.1, 0.15) is 13.2 Å². The molecule has 0 aliphatic carbocycles. The van der Waals surface area contributed by atoms with Gasteiger partial charge >= 0.3 is 0 Å². The molecule has 0 amide bonds. The summed E-state index contributed by atoms with van der Waals surface area (Å²) < 4.78 is 13.7. The number of thiazole rings is 1. The van der Waals surface area contributed by atoms with Crippen molar-refractivity contribution in [1.29, 1.82) is 0 Å². The van der Waals surface area contributed by atoms with Crippen LogP contribution in [0.3, 0.4) is 0 Å². The van der Waals surface area contributed by atoms with Gasteiger partial charge in [0.2, 0.25) is 0 Å². The average molecular weight is 401 g/mol. The molecule has 5 heteroatoms. The summed E-state index contributed by atoms with van der Waals surface area (Å²) in [6.07, 6.45) is 0. The van der Waals surface area contributed by atoms with Crippen molar-refractivity contribution in [3.05, 3.63) is 94.6 Å². The Labute approximate surface area is 173 Å². The molecule has 1 aliphatic heterocycles. The number of ether oxygens (including phenoxy) is 2.